The summed E-state index contributed by atoms with van der Waals surface area (Å²) in [4.78, 5) is 0. The third-order valence-electron chi connectivity index (χ3n) is 1.27. The van der Waals surface area contributed by atoms with Crippen LogP contribution in [0.25, 0.3) is 0 Å². The van der Waals surface area contributed by atoms with E-state index in [0.29, 0.717) is 6.61 Å². The summed E-state index contributed by atoms with van der Waals surface area (Å²) in [6, 6.07) is 0. The van der Waals surface area contributed by atoms with Crippen LogP contribution in [0.15, 0.2) is 0 Å². The largest absolute Gasteiger partial charge is 0.394 e. The SMILES string of the molecule is CO[C@H](C)CO[C@H](C)CO. The molecule has 0 aliphatic rings. The molecule has 0 aromatic heterocycles. The number of ether oxygens (including phenoxy) is 2. The second-order valence-corrected chi connectivity index (χ2v) is 2.37. The summed E-state index contributed by atoms with van der Waals surface area (Å²) in [6.45, 7) is 4.35. The predicted octanol–water partition coefficient (Wildman–Crippen LogP) is 0.419. The zero-order valence-corrected chi connectivity index (χ0v) is 6.83. The first kappa shape index (κ1) is 9.88. The van der Waals surface area contributed by atoms with E-state index in [1.807, 2.05) is 13.8 Å². The van der Waals surface area contributed by atoms with Crippen LogP contribution in [0.3, 0.4) is 0 Å². The van der Waals surface area contributed by atoms with Gasteiger partial charge in [-0.05, 0) is 13.8 Å². The van der Waals surface area contributed by atoms with Crippen LogP contribution in [-0.4, -0.2) is 37.6 Å². The Balaban J connectivity index is 3.17. The van der Waals surface area contributed by atoms with E-state index < -0.39 is 0 Å². The Morgan fingerprint density at radius 2 is 1.90 bits per heavy atom. The van der Waals surface area contributed by atoms with Crippen LogP contribution in [0.1, 0.15) is 13.8 Å². The van der Waals surface area contributed by atoms with Crippen molar-refractivity contribution in [3.63, 3.8) is 0 Å². The van der Waals surface area contributed by atoms with E-state index in [-0.39, 0.29) is 18.8 Å². The molecule has 0 saturated heterocycles. The van der Waals surface area contributed by atoms with Crippen molar-refractivity contribution in [2.75, 3.05) is 20.3 Å². The first-order valence-electron chi connectivity index (χ1n) is 3.46. The molecule has 0 aromatic rings. The Kier molecular flexibility index (Phi) is 5.58. The van der Waals surface area contributed by atoms with E-state index in [1.165, 1.54) is 0 Å². The standard InChI is InChI=1S/C7H16O3/c1-6(4-8)10-5-7(2)9-3/h6-8H,4-5H2,1-3H3/t6-,7-/m1/s1. The molecule has 0 radical (unpaired) electrons. The lowest BCUT2D eigenvalue weighted by molar-refractivity contribution is -0.0313. The van der Waals surface area contributed by atoms with Crippen LogP contribution >= 0.6 is 0 Å². The molecule has 0 aliphatic heterocycles. The molecular weight excluding hydrogens is 132 g/mol. The quantitative estimate of drug-likeness (QED) is 0.614. The molecule has 1 N–H and O–H groups in total. The third kappa shape index (κ3) is 4.73. The van der Waals surface area contributed by atoms with E-state index in [9.17, 15) is 0 Å². The zero-order valence-electron chi connectivity index (χ0n) is 6.83. The summed E-state index contributed by atoms with van der Waals surface area (Å²) in [7, 11) is 1.64. The van der Waals surface area contributed by atoms with Gasteiger partial charge in [0.05, 0.1) is 25.4 Å². The van der Waals surface area contributed by atoms with Crippen molar-refractivity contribution in [2.45, 2.75) is 26.1 Å². The van der Waals surface area contributed by atoms with E-state index in [0.717, 1.165) is 0 Å². The van der Waals surface area contributed by atoms with Gasteiger partial charge in [-0.1, -0.05) is 0 Å². The molecule has 62 valence electrons. The monoisotopic (exact) mass is 148 g/mol. The van der Waals surface area contributed by atoms with Gasteiger partial charge in [-0.3, -0.25) is 0 Å². The molecular formula is C7H16O3. The molecule has 0 unspecified atom stereocenters. The third-order valence-corrected chi connectivity index (χ3v) is 1.27. The van der Waals surface area contributed by atoms with Gasteiger partial charge in [0.2, 0.25) is 0 Å². The van der Waals surface area contributed by atoms with Crippen LogP contribution in [0.4, 0.5) is 0 Å². The second kappa shape index (κ2) is 5.65. The van der Waals surface area contributed by atoms with Gasteiger partial charge < -0.3 is 14.6 Å². The molecule has 0 heterocycles. The molecule has 0 rings (SSSR count). The molecule has 10 heavy (non-hydrogen) atoms. The Bertz CT molecular complexity index is 65.3. The first-order valence-corrected chi connectivity index (χ1v) is 3.46. The highest BCUT2D eigenvalue weighted by molar-refractivity contribution is 4.49. The molecule has 3 heteroatoms. The summed E-state index contributed by atoms with van der Waals surface area (Å²) in [5.74, 6) is 0. The highest BCUT2D eigenvalue weighted by Crippen LogP contribution is 1.93. The molecule has 0 aliphatic carbocycles. The summed E-state index contributed by atoms with van der Waals surface area (Å²) in [6.07, 6.45) is 0.0200. The summed E-state index contributed by atoms with van der Waals surface area (Å²) in [5, 5.41) is 8.55. The maximum atomic E-state index is 8.55. The van der Waals surface area contributed by atoms with Gasteiger partial charge in [0.25, 0.3) is 0 Å². The predicted molar refractivity (Wildman–Crippen MR) is 39.0 cm³/mol. The van der Waals surface area contributed by atoms with Crippen LogP contribution in [0, 0.1) is 0 Å². The second-order valence-electron chi connectivity index (χ2n) is 2.37. The van der Waals surface area contributed by atoms with Crippen molar-refractivity contribution in [1.29, 1.82) is 0 Å². The van der Waals surface area contributed by atoms with Gasteiger partial charge in [-0.25, -0.2) is 0 Å². The van der Waals surface area contributed by atoms with Crippen LogP contribution in [0.5, 0.6) is 0 Å². The van der Waals surface area contributed by atoms with Crippen LogP contribution in [-0.2, 0) is 9.47 Å². The van der Waals surface area contributed by atoms with Crippen LogP contribution < -0.4 is 0 Å². The fourth-order valence-corrected chi connectivity index (χ4v) is 0.421. The number of aliphatic hydroxyl groups is 1. The van der Waals surface area contributed by atoms with Gasteiger partial charge in [0.15, 0.2) is 0 Å². The summed E-state index contributed by atoms with van der Waals surface area (Å²) >= 11 is 0. The molecule has 0 aromatic carbocycles. The minimum absolute atomic E-state index is 0.0659. The smallest absolute Gasteiger partial charge is 0.0779 e. The van der Waals surface area contributed by atoms with Crippen LogP contribution in [0.2, 0.25) is 0 Å². The normalized spacial score (nSPS) is 16.8. The summed E-state index contributed by atoms with van der Waals surface area (Å²) < 4.78 is 10.1. The van der Waals surface area contributed by atoms with E-state index >= 15 is 0 Å². The van der Waals surface area contributed by atoms with Crippen molar-refractivity contribution in [3.05, 3.63) is 0 Å². The van der Waals surface area contributed by atoms with Crippen molar-refractivity contribution < 1.29 is 14.6 Å². The van der Waals surface area contributed by atoms with Crippen molar-refractivity contribution in [2.24, 2.45) is 0 Å². The average molecular weight is 148 g/mol. The summed E-state index contributed by atoms with van der Waals surface area (Å²) in [5.41, 5.74) is 0. The molecule has 0 fully saturated rings. The number of aliphatic hydroxyl groups excluding tert-OH is 1. The fraction of sp³-hybridized carbons (Fsp3) is 1.00. The minimum atomic E-state index is -0.0856. The topological polar surface area (TPSA) is 38.7 Å². The van der Waals surface area contributed by atoms with Gasteiger partial charge in [-0.15, -0.1) is 0 Å². The Labute approximate surface area is 62.0 Å². The highest BCUT2D eigenvalue weighted by atomic mass is 16.5. The lowest BCUT2D eigenvalue weighted by Crippen LogP contribution is -2.21. The number of methoxy groups -OCH3 is 1. The Morgan fingerprint density at radius 3 is 2.30 bits per heavy atom. The van der Waals surface area contributed by atoms with Crippen molar-refractivity contribution >= 4 is 0 Å². The molecule has 0 spiro atoms. The van der Waals surface area contributed by atoms with E-state index in [4.69, 9.17) is 14.6 Å². The zero-order chi connectivity index (χ0) is 7.98. The first-order chi connectivity index (χ1) is 4.70. The number of hydrogen-bond acceptors (Lipinski definition) is 3. The van der Waals surface area contributed by atoms with Gasteiger partial charge in [-0.2, -0.15) is 0 Å². The highest BCUT2D eigenvalue weighted by Gasteiger charge is 2.03. The fourth-order valence-electron chi connectivity index (χ4n) is 0.421. The van der Waals surface area contributed by atoms with E-state index in [1.54, 1.807) is 7.11 Å². The Hall–Kier alpha value is -0.120. The van der Waals surface area contributed by atoms with Crippen molar-refractivity contribution in [1.82, 2.24) is 0 Å². The molecule has 0 amide bonds. The lowest BCUT2D eigenvalue weighted by Gasteiger charge is -2.13. The van der Waals surface area contributed by atoms with Crippen molar-refractivity contribution in [3.8, 4) is 0 Å². The minimum Gasteiger partial charge on any atom is -0.394 e. The molecule has 2 atom stereocenters. The van der Waals surface area contributed by atoms with Gasteiger partial charge in [0, 0.05) is 7.11 Å². The molecule has 3 nitrogen and oxygen atoms in total. The Morgan fingerprint density at radius 1 is 1.30 bits per heavy atom. The number of hydrogen-bond donors (Lipinski definition) is 1. The molecule has 0 bridgehead atoms. The van der Waals surface area contributed by atoms with E-state index in [2.05, 4.69) is 0 Å². The average Bonchev–Trinajstić information content (AvgIpc) is 1.99. The van der Waals surface area contributed by atoms with Gasteiger partial charge >= 0.3 is 0 Å². The maximum absolute atomic E-state index is 8.55. The maximum Gasteiger partial charge on any atom is 0.0779 e. The number of rotatable bonds is 5. The lowest BCUT2D eigenvalue weighted by atomic mass is 10.4. The molecule has 0 saturated carbocycles. The van der Waals surface area contributed by atoms with Gasteiger partial charge in [0.1, 0.15) is 0 Å².